The van der Waals surface area contributed by atoms with Crippen LogP contribution in [0.25, 0.3) is 0 Å². The number of para-hydroxylation sites is 1. The predicted molar refractivity (Wildman–Crippen MR) is 101 cm³/mol. The van der Waals surface area contributed by atoms with Gasteiger partial charge in [-0.25, -0.2) is 0 Å². The molecule has 140 valence electrons. The van der Waals surface area contributed by atoms with Gasteiger partial charge in [0.25, 0.3) is 0 Å². The van der Waals surface area contributed by atoms with Crippen LogP contribution in [0.2, 0.25) is 0 Å². The summed E-state index contributed by atoms with van der Waals surface area (Å²) in [7, 11) is 1.66. The van der Waals surface area contributed by atoms with Gasteiger partial charge in [-0.05, 0) is 49.6 Å². The van der Waals surface area contributed by atoms with Crippen molar-refractivity contribution < 1.29 is 19.3 Å². The number of hydrogen-bond acceptors (Lipinski definition) is 5. The lowest BCUT2D eigenvalue weighted by atomic mass is 10.0. The van der Waals surface area contributed by atoms with Gasteiger partial charge in [-0.15, -0.1) is 0 Å². The van der Waals surface area contributed by atoms with E-state index in [9.17, 15) is 5.11 Å². The molecule has 0 saturated carbocycles. The SMILES string of the molecule is COc1cccc2c1OCC(NCc1ccc(OC(C)C)c(CO)c1)C2. The molecule has 0 spiro atoms. The van der Waals surface area contributed by atoms with Gasteiger partial charge in [-0.2, -0.15) is 0 Å². The maximum absolute atomic E-state index is 9.60. The molecule has 0 aliphatic carbocycles. The minimum atomic E-state index is -0.0321. The fraction of sp³-hybridized carbons (Fsp3) is 0.429. The maximum Gasteiger partial charge on any atom is 0.164 e. The normalized spacial score (nSPS) is 16.1. The fourth-order valence-corrected chi connectivity index (χ4v) is 3.18. The van der Waals surface area contributed by atoms with Gasteiger partial charge in [0.05, 0.1) is 19.8 Å². The zero-order valence-electron chi connectivity index (χ0n) is 15.6. The quantitative estimate of drug-likeness (QED) is 0.797. The Kier molecular flexibility index (Phi) is 6.01. The van der Waals surface area contributed by atoms with Crippen LogP contribution >= 0.6 is 0 Å². The molecule has 0 amide bonds. The Morgan fingerprint density at radius 2 is 2.08 bits per heavy atom. The molecule has 0 fully saturated rings. The highest BCUT2D eigenvalue weighted by Crippen LogP contribution is 2.34. The van der Waals surface area contributed by atoms with Crippen LogP contribution in [0.5, 0.6) is 17.2 Å². The lowest BCUT2D eigenvalue weighted by molar-refractivity contribution is 0.224. The summed E-state index contributed by atoms with van der Waals surface area (Å²) in [5, 5.41) is 13.1. The predicted octanol–water partition coefficient (Wildman–Crippen LogP) is 3.07. The summed E-state index contributed by atoms with van der Waals surface area (Å²) in [4.78, 5) is 0. The molecule has 5 nitrogen and oxygen atoms in total. The van der Waals surface area contributed by atoms with Crippen LogP contribution < -0.4 is 19.5 Å². The van der Waals surface area contributed by atoms with Gasteiger partial charge >= 0.3 is 0 Å². The summed E-state index contributed by atoms with van der Waals surface area (Å²) < 4.78 is 17.0. The van der Waals surface area contributed by atoms with E-state index in [2.05, 4.69) is 11.4 Å². The monoisotopic (exact) mass is 357 g/mol. The average molecular weight is 357 g/mol. The Morgan fingerprint density at radius 3 is 2.81 bits per heavy atom. The van der Waals surface area contributed by atoms with Crippen LogP contribution in [0.3, 0.4) is 0 Å². The molecule has 2 N–H and O–H groups in total. The number of ether oxygens (including phenoxy) is 3. The lowest BCUT2D eigenvalue weighted by Gasteiger charge is -2.27. The van der Waals surface area contributed by atoms with Gasteiger partial charge in [-0.3, -0.25) is 0 Å². The van der Waals surface area contributed by atoms with Crippen molar-refractivity contribution in [2.75, 3.05) is 13.7 Å². The van der Waals surface area contributed by atoms with E-state index in [1.54, 1.807) is 7.11 Å². The van der Waals surface area contributed by atoms with Crippen molar-refractivity contribution in [1.29, 1.82) is 0 Å². The molecule has 0 aromatic heterocycles. The zero-order chi connectivity index (χ0) is 18.5. The molecular weight excluding hydrogens is 330 g/mol. The van der Waals surface area contributed by atoms with E-state index in [1.807, 2.05) is 44.2 Å². The molecule has 26 heavy (non-hydrogen) atoms. The van der Waals surface area contributed by atoms with Crippen molar-refractivity contribution in [1.82, 2.24) is 5.32 Å². The number of nitrogens with one attached hydrogen (secondary N) is 1. The number of benzene rings is 2. The lowest BCUT2D eigenvalue weighted by Crippen LogP contribution is -2.38. The van der Waals surface area contributed by atoms with Crippen LogP contribution in [0.4, 0.5) is 0 Å². The summed E-state index contributed by atoms with van der Waals surface area (Å²) in [6, 6.07) is 12.2. The second kappa shape index (κ2) is 8.43. The molecule has 5 heteroatoms. The minimum Gasteiger partial charge on any atom is -0.493 e. The van der Waals surface area contributed by atoms with Crippen molar-refractivity contribution in [3.8, 4) is 17.2 Å². The van der Waals surface area contributed by atoms with E-state index in [1.165, 1.54) is 0 Å². The van der Waals surface area contributed by atoms with Crippen LogP contribution in [0.15, 0.2) is 36.4 Å². The molecule has 1 unspecified atom stereocenters. The first-order valence-corrected chi connectivity index (χ1v) is 9.02. The molecule has 1 heterocycles. The summed E-state index contributed by atoms with van der Waals surface area (Å²) >= 11 is 0. The molecular formula is C21H27NO4. The average Bonchev–Trinajstić information content (AvgIpc) is 2.66. The molecule has 3 rings (SSSR count). The first-order chi connectivity index (χ1) is 12.6. The highest BCUT2D eigenvalue weighted by molar-refractivity contribution is 5.48. The third-order valence-electron chi connectivity index (χ3n) is 4.43. The van der Waals surface area contributed by atoms with E-state index in [0.29, 0.717) is 13.2 Å². The van der Waals surface area contributed by atoms with Crippen LogP contribution in [0, 0.1) is 0 Å². The molecule has 0 radical (unpaired) electrons. The Morgan fingerprint density at radius 1 is 1.23 bits per heavy atom. The van der Waals surface area contributed by atoms with E-state index in [0.717, 1.165) is 40.4 Å². The molecule has 1 atom stereocenters. The highest BCUT2D eigenvalue weighted by atomic mass is 16.5. The largest absolute Gasteiger partial charge is 0.493 e. The molecule has 2 aromatic rings. The topological polar surface area (TPSA) is 60.0 Å². The first-order valence-electron chi connectivity index (χ1n) is 9.02. The Hall–Kier alpha value is -2.24. The van der Waals surface area contributed by atoms with Crippen molar-refractivity contribution in [3.05, 3.63) is 53.1 Å². The van der Waals surface area contributed by atoms with Gasteiger partial charge in [0.1, 0.15) is 12.4 Å². The smallest absolute Gasteiger partial charge is 0.164 e. The van der Waals surface area contributed by atoms with Crippen LogP contribution in [0.1, 0.15) is 30.5 Å². The summed E-state index contributed by atoms with van der Waals surface area (Å²) in [6.45, 7) is 5.24. The second-order valence-electron chi connectivity index (χ2n) is 6.81. The fourth-order valence-electron chi connectivity index (χ4n) is 3.18. The van der Waals surface area contributed by atoms with E-state index in [4.69, 9.17) is 14.2 Å². The van der Waals surface area contributed by atoms with E-state index < -0.39 is 0 Å². The van der Waals surface area contributed by atoms with Crippen LogP contribution in [-0.2, 0) is 19.6 Å². The molecule has 0 bridgehead atoms. The van der Waals surface area contributed by atoms with Crippen molar-refractivity contribution in [2.24, 2.45) is 0 Å². The van der Waals surface area contributed by atoms with Gasteiger partial charge in [0, 0.05) is 18.2 Å². The third-order valence-corrected chi connectivity index (χ3v) is 4.43. The number of aliphatic hydroxyl groups is 1. The number of methoxy groups -OCH3 is 1. The molecule has 1 aliphatic rings. The summed E-state index contributed by atoms with van der Waals surface area (Å²) in [5.41, 5.74) is 3.08. The Balaban J connectivity index is 1.63. The molecule has 1 aliphatic heterocycles. The standard InChI is InChI=1S/C21H27NO4/c1-14(2)26-19-8-7-15(9-17(19)12-23)11-22-18-10-16-5-4-6-20(24-3)21(16)25-13-18/h4-9,14,18,22-23H,10-13H2,1-3H3. The minimum absolute atomic E-state index is 0.0321. The first kappa shape index (κ1) is 18.5. The highest BCUT2D eigenvalue weighted by Gasteiger charge is 2.22. The molecule has 2 aromatic carbocycles. The van der Waals surface area contributed by atoms with E-state index >= 15 is 0 Å². The van der Waals surface area contributed by atoms with Crippen molar-refractivity contribution in [2.45, 2.75) is 45.6 Å². The van der Waals surface area contributed by atoms with Gasteiger partial charge in [0.2, 0.25) is 0 Å². The van der Waals surface area contributed by atoms with Crippen molar-refractivity contribution >= 4 is 0 Å². The summed E-state index contributed by atoms with van der Waals surface area (Å²) in [6.07, 6.45) is 0.981. The molecule has 0 saturated heterocycles. The van der Waals surface area contributed by atoms with E-state index in [-0.39, 0.29) is 18.8 Å². The Bertz CT molecular complexity index is 745. The maximum atomic E-state index is 9.60. The van der Waals surface area contributed by atoms with Crippen LogP contribution in [-0.4, -0.2) is 31.0 Å². The second-order valence-corrected chi connectivity index (χ2v) is 6.81. The number of fused-ring (bicyclic) bond motifs is 1. The van der Waals surface area contributed by atoms with Crippen molar-refractivity contribution in [3.63, 3.8) is 0 Å². The number of hydrogen-bond donors (Lipinski definition) is 2. The van der Waals surface area contributed by atoms with Gasteiger partial charge < -0.3 is 24.6 Å². The number of rotatable bonds is 7. The Labute approximate surface area is 154 Å². The number of aliphatic hydroxyl groups excluding tert-OH is 1. The third kappa shape index (κ3) is 4.29. The summed E-state index contributed by atoms with van der Waals surface area (Å²) in [5.74, 6) is 2.38. The zero-order valence-corrected chi connectivity index (χ0v) is 15.6. The van der Waals surface area contributed by atoms with Gasteiger partial charge in [-0.1, -0.05) is 18.2 Å². The van der Waals surface area contributed by atoms with Gasteiger partial charge in [0.15, 0.2) is 11.5 Å².